The van der Waals surface area contributed by atoms with Crippen LogP contribution in [-0.2, 0) is 9.53 Å². The van der Waals surface area contributed by atoms with E-state index in [1.54, 1.807) is 0 Å². The fraction of sp³-hybridized carbons (Fsp3) is 0.409. The van der Waals surface area contributed by atoms with E-state index in [-0.39, 0.29) is 28.3 Å². The number of carbonyl (C=O) groups excluding carboxylic acids is 2. The van der Waals surface area contributed by atoms with E-state index in [4.69, 9.17) is 4.74 Å². The lowest BCUT2D eigenvalue weighted by molar-refractivity contribution is -0.272. The average Bonchev–Trinajstić information content (AvgIpc) is 2.99. The van der Waals surface area contributed by atoms with E-state index in [2.05, 4.69) is 10.3 Å². The molecule has 1 aromatic carbocycles. The highest BCUT2D eigenvalue weighted by atomic mass is 19.4. The average molecular weight is 456 g/mol. The summed E-state index contributed by atoms with van der Waals surface area (Å²) in [6, 6.07) is 4.62. The molecule has 1 N–H and O–H groups in total. The Hall–Kier alpha value is -2.88. The summed E-state index contributed by atoms with van der Waals surface area (Å²) in [6.07, 6.45) is -5.22. The van der Waals surface area contributed by atoms with Crippen molar-refractivity contribution in [3.63, 3.8) is 0 Å². The van der Waals surface area contributed by atoms with Gasteiger partial charge in [0.25, 0.3) is 5.91 Å². The molecule has 0 aliphatic carbocycles. The van der Waals surface area contributed by atoms with Gasteiger partial charge < -0.3 is 10.1 Å². The molecule has 0 saturated carbocycles. The molecule has 2 heterocycles. The van der Waals surface area contributed by atoms with Crippen molar-refractivity contribution in [3.8, 4) is 0 Å². The third-order valence-corrected chi connectivity index (χ3v) is 6.06. The molecule has 1 amide bonds. The third kappa shape index (κ3) is 3.99. The molecule has 1 aliphatic rings. The van der Waals surface area contributed by atoms with E-state index < -0.39 is 47.3 Å². The first-order valence-electron chi connectivity index (χ1n) is 9.74. The Bertz CT molecular complexity index is 1070. The van der Waals surface area contributed by atoms with E-state index >= 15 is 0 Å². The Balaban J connectivity index is 2.05. The molecule has 172 valence electrons. The number of anilines is 1. The summed E-state index contributed by atoms with van der Waals surface area (Å²) >= 11 is 0. The molecule has 10 heteroatoms. The van der Waals surface area contributed by atoms with Crippen LogP contribution in [0.4, 0.5) is 27.6 Å². The number of ether oxygens (including phenoxy) is 1. The Kier molecular flexibility index (Phi) is 6.12. The van der Waals surface area contributed by atoms with Crippen LogP contribution in [0.3, 0.4) is 0 Å². The third-order valence-electron chi connectivity index (χ3n) is 6.06. The van der Waals surface area contributed by atoms with Gasteiger partial charge in [0.2, 0.25) is 0 Å². The second-order valence-corrected chi connectivity index (χ2v) is 8.01. The van der Waals surface area contributed by atoms with E-state index in [0.717, 1.165) is 13.0 Å². The number of nitrogens with one attached hydrogen (secondary N) is 1. The number of alkyl halides is 3. The minimum absolute atomic E-state index is 0.0451. The number of pyridine rings is 1. The number of ketones is 1. The predicted molar refractivity (Wildman–Crippen MR) is 105 cm³/mol. The number of halogens is 5. The molecule has 0 radical (unpaired) electrons. The maximum atomic E-state index is 14.2. The van der Waals surface area contributed by atoms with Gasteiger partial charge in [-0.15, -0.1) is 0 Å². The Morgan fingerprint density at radius 2 is 1.84 bits per heavy atom. The van der Waals surface area contributed by atoms with Gasteiger partial charge in [0.05, 0.1) is 0 Å². The summed E-state index contributed by atoms with van der Waals surface area (Å²) in [5.74, 6) is -6.15. The van der Waals surface area contributed by atoms with E-state index in [1.165, 1.54) is 45.2 Å². The van der Waals surface area contributed by atoms with Crippen molar-refractivity contribution in [3.05, 3.63) is 58.9 Å². The van der Waals surface area contributed by atoms with Gasteiger partial charge in [-0.1, -0.05) is 13.0 Å². The number of amides is 1. The van der Waals surface area contributed by atoms with Crippen molar-refractivity contribution in [2.24, 2.45) is 5.92 Å². The van der Waals surface area contributed by atoms with Gasteiger partial charge in [-0.2, -0.15) is 13.2 Å². The summed E-state index contributed by atoms with van der Waals surface area (Å²) < 4.78 is 74.8. The van der Waals surface area contributed by atoms with Gasteiger partial charge in [-0.3, -0.25) is 14.6 Å². The van der Waals surface area contributed by atoms with Crippen molar-refractivity contribution in [1.82, 2.24) is 4.98 Å². The molecule has 32 heavy (non-hydrogen) atoms. The Morgan fingerprint density at radius 1 is 1.19 bits per heavy atom. The summed E-state index contributed by atoms with van der Waals surface area (Å²) in [5, 5.41) is 2.44. The molecular formula is C22H21F5N2O3. The van der Waals surface area contributed by atoms with Gasteiger partial charge in [0.15, 0.2) is 23.0 Å². The first-order chi connectivity index (χ1) is 14.8. The number of Topliss-reactive ketones (excluding diaryl/α,β-unsaturated/α-hetero) is 1. The van der Waals surface area contributed by atoms with E-state index in [0.29, 0.717) is 0 Å². The van der Waals surface area contributed by atoms with Crippen LogP contribution in [0, 0.1) is 24.5 Å². The molecule has 1 aromatic heterocycles. The van der Waals surface area contributed by atoms with Crippen molar-refractivity contribution in [2.75, 3.05) is 5.32 Å². The largest absolute Gasteiger partial charge is 0.417 e. The second-order valence-electron chi connectivity index (χ2n) is 8.01. The van der Waals surface area contributed by atoms with E-state index in [1.807, 2.05) is 0 Å². The quantitative estimate of drug-likeness (QED) is 0.522. The van der Waals surface area contributed by atoms with Crippen LogP contribution in [0.15, 0.2) is 30.5 Å². The summed E-state index contributed by atoms with van der Waals surface area (Å²) in [7, 11) is 0. The minimum Gasteiger partial charge on any atom is -0.352 e. The zero-order chi connectivity index (χ0) is 24.0. The zero-order valence-electron chi connectivity index (χ0n) is 17.7. The molecule has 0 spiro atoms. The number of benzene rings is 1. The zero-order valence-corrected chi connectivity index (χ0v) is 17.7. The van der Waals surface area contributed by atoms with Gasteiger partial charge in [-0.25, -0.2) is 8.78 Å². The fourth-order valence-electron chi connectivity index (χ4n) is 3.97. The monoisotopic (exact) mass is 456 g/mol. The van der Waals surface area contributed by atoms with Crippen molar-refractivity contribution in [2.45, 2.75) is 51.5 Å². The van der Waals surface area contributed by atoms with Gasteiger partial charge in [0.1, 0.15) is 11.8 Å². The number of aromatic nitrogens is 1. The van der Waals surface area contributed by atoms with Crippen molar-refractivity contribution in [1.29, 1.82) is 0 Å². The van der Waals surface area contributed by atoms with Crippen LogP contribution in [-0.4, -0.2) is 34.6 Å². The number of hydrogen-bond acceptors (Lipinski definition) is 4. The highest BCUT2D eigenvalue weighted by Crippen LogP contribution is 2.54. The highest BCUT2D eigenvalue weighted by molar-refractivity contribution is 5.97. The van der Waals surface area contributed by atoms with Crippen LogP contribution < -0.4 is 5.32 Å². The lowest BCUT2D eigenvalue weighted by Crippen LogP contribution is -2.47. The van der Waals surface area contributed by atoms with Crippen LogP contribution in [0.5, 0.6) is 0 Å². The smallest absolute Gasteiger partial charge is 0.352 e. The molecule has 3 rings (SSSR count). The molecular weight excluding hydrogens is 435 g/mol. The maximum Gasteiger partial charge on any atom is 0.417 e. The standard InChI is InChI=1S/C22H21F5N2O3/c1-10-14(5-6-15(23)18(10)24)17-11(2)21(4,22(25,26)27)32-19(17)20(31)29-13-7-8-28-16(9-13)12(3)30/h5-9,11,17,19H,1-4H3,(H,28,29,31)/t11-,17-,19+,21+/m0/s1. The van der Waals surface area contributed by atoms with Crippen LogP contribution in [0.2, 0.25) is 0 Å². The maximum absolute atomic E-state index is 14.2. The SMILES string of the molecule is CC(=O)c1cc(NC(=O)[C@@H]2O[C@@](C)(C(F)(F)F)[C@@H](C)[C@H]2c2ccc(F)c(F)c2C)ccn1. The summed E-state index contributed by atoms with van der Waals surface area (Å²) in [5.41, 5.74) is -2.68. The van der Waals surface area contributed by atoms with Gasteiger partial charge >= 0.3 is 6.18 Å². The predicted octanol–water partition coefficient (Wildman–Crippen LogP) is 4.95. The number of nitrogens with zero attached hydrogens (tertiary/aromatic N) is 1. The molecule has 1 aliphatic heterocycles. The molecule has 5 nitrogen and oxygen atoms in total. The molecule has 1 saturated heterocycles. The van der Waals surface area contributed by atoms with Crippen LogP contribution in [0.25, 0.3) is 0 Å². The Labute approximate surface area is 181 Å². The van der Waals surface area contributed by atoms with Crippen molar-refractivity contribution < 1.29 is 36.3 Å². The fourth-order valence-corrected chi connectivity index (χ4v) is 3.97. The lowest BCUT2D eigenvalue weighted by atomic mass is 9.76. The molecule has 0 unspecified atom stereocenters. The summed E-state index contributed by atoms with van der Waals surface area (Å²) in [4.78, 5) is 28.4. The first-order valence-corrected chi connectivity index (χ1v) is 9.74. The van der Waals surface area contributed by atoms with Crippen LogP contribution >= 0.6 is 0 Å². The number of hydrogen-bond donors (Lipinski definition) is 1. The first kappa shape index (κ1) is 23.8. The normalized spacial score (nSPS) is 25.6. The highest BCUT2D eigenvalue weighted by Gasteiger charge is 2.65. The van der Waals surface area contributed by atoms with E-state index in [9.17, 15) is 31.5 Å². The Morgan fingerprint density at radius 3 is 2.44 bits per heavy atom. The number of carbonyl (C=O) groups is 2. The topological polar surface area (TPSA) is 68.3 Å². The lowest BCUT2D eigenvalue weighted by Gasteiger charge is -2.32. The molecule has 4 atom stereocenters. The summed E-state index contributed by atoms with van der Waals surface area (Å²) in [6.45, 7) is 4.59. The second kappa shape index (κ2) is 8.23. The van der Waals surface area contributed by atoms with Crippen molar-refractivity contribution >= 4 is 17.4 Å². The molecule has 1 fully saturated rings. The molecule has 2 aromatic rings. The minimum atomic E-state index is -4.83. The van der Waals surface area contributed by atoms with Gasteiger partial charge in [0, 0.05) is 30.6 Å². The van der Waals surface area contributed by atoms with Crippen LogP contribution in [0.1, 0.15) is 48.3 Å². The molecule has 0 bridgehead atoms. The number of rotatable bonds is 4. The van der Waals surface area contributed by atoms with Gasteiger partial charge in [-0.05, 0) is 43.2 Å².